The second-order valence-electron chi connectivity index (χ2n) is 4.85. The van der Waals surface area contributed by atoms with Crippen molar-refractivity contribution in [2.75, 3.05) is 12.4 Å². The van der Waals surface area contributed by atoms with Crippen molar-refractivity contribution < 1.29 is 8.42 Å². The van der Waals surface area contributed by atoms with Crippen LogP contribution in [0.2, 0.25) is 0 Å². The van der Waals surface area contributed by atoms with Crippen LogP contribution in [0.3, 0.4) is 0 Å². The minimum Gasteiger partial charge on any atom is -0.381 e. The summed E-state index contributed by atoms with van der Waals surface area (Å²) in [5.41, 5.74) is 1.96. The number of aromatic nitrogens is 1. The molecule has 0 bridgehead atoms. The number of benzene rings is 1. The third-order valence-electron chi connectivity index (χ3n) is 3.20. The first-order valence-electron chi connectivity index (χ1n) is 6.97. The third kappa shape index (κ3) is 4.09. The Labute approximate surface area is 126 Å². The Hall–Kier alpha value is -1.79. The number of anilines is 1. The molecule has 0 aliphatic rings. The van der Waals surface area contributed by atoms with Gasteiger partial charge < -0.3 is 9.88 Å². The van der Waals surface area contributed by atoms with Gasteiger partial charge in [-0.25, -0.2) is 13.1 Å². The van der Waals surface area contributed by atoms with Crippen LogP contribution in [0.4, 0.5) is 5.69 Å². The highest BCUT2D eigenvalue weighted by Gasteiger charge is 2.11. The Morgan fingerprint density at radius 2 is 2.05 bits per heavy atom. The van der Waals surface area contributed by atoms with E-state index in [2.05, 4.69) is 40.0 Å². The number of hydrogen-bond acceptors (Lipinski definition) is 3. The molecular weight excluding hydrogens is 286 g/mol. The first kappa shape index (κ1) is 15.6. The highest BCUT2D eigenvalue weighted by atomic mass is 32.2. The van der Waals surface area contributed by atoms with E-state index in [-0.39, 0.29) is 4.90 Å². The monoisotopic (exact) mass is 307 g/mol. The van der Waals surface area contributed by atoms with Gasteiger partial charge in [0.2, 0.25) is 10.0 Å². The first-order chi connectivity index (χ1) is 10.0. The molecule has 0 saturated heterocycles. The number of rotatable bonds is 7. The Morgan fingerprint density at radius 1 is 1.24 bits per heavy atom. The SMILES string of the molecule is CCCn1ccc(CNc2cccc(S(=O)(=O)NC)c2)c1. The lowest BCUT2D eigenvalue weighted by molar-refractivity contribution is 0.588. The second kappa shape index (κ2) is 6.78. The van der Waals surface area contributed by atoms with Crippen LogP contribution in [0.5, 0.6) is 0 Å². The minimum atomic E-state index is -3.40. The maximum atomic E-state index is 11.8. The smallest absolute Gasteiger partial charge is 0.240 e. The fourth-order valence-electron chi connectivity index (χ4n) is 2.09. The fraction of sp³-hybridized carbons (Fsp3) is 0.333. The van der Waals surface area contributed by atoms with Crippen molar-refractivity contribution in [1.82, 2.24) is 9.29 Å². The summed E-state index contributed by atoms with van der Waals surface area (Å²) in [6, 6.07) is 8.87. The van der Waals surface area contributed by atoms with Crippen molar-refractivity contribution in [2.45, 2.75) is 31.3 Å². The van der Waals surface area contributed by atoms with Crippen molar-refractivity contribution in [1.29, 1.82) is 0 Å². The normalized spacial score (nSPS) is 11.5. The molecule has 0 unspecified atom stereocenters. The highest BCUT2D eigenvalue weighted by Crippen LogP contribution is 2.16. The van der Waals surface area contributed by atoms with Gasteiger partial charge in [0.25, 0.3) is 0 Å². The van der Waals surface area contributed by atoms with Crippen molar-refractivity contribution in [3.63, 3.8) is 0 Å². The van der Waals surface area contributed by atoms with Gasteiger partial charge in [0.05, 0.1) is 4.90 Å². The largest absolute Gasteiger partial charge is 0.381 e. The second-order valence-corrected chi connectivity index (χ2v) is 6.73. The Kier molecular flexibility index (Phi) is 5.03. The van der Waals surface area contributed by atoms with Crippen molar-refractivity contribution in [2.24, 2.45) is 0 Å². The summed E-state index contributed by atoms with van der Waals surface area (Å²) in [6.07, 6.45) is 5.26. The van der Waals surface area contributed by atoms with E-state index in [0.29, 0.717) is 6.54 Å². The molecule has 0 saturated carbocycles. The van der Waals surface area contributed by atoms with Crippen LogP contribution in [-0.4, -0.2) is 20.0 Å². The molecule has 0 amide bonds. The summed E-state index contributed by atoms with van der Waals surface area (Å²) in [5.74, 6) is 0. The van der Waals surface area contributed by atoms with Crippen molar-refractivity contribution >= 4 is 15.7 Å². The van der Waals surface area contributed by atoms with E-state index < -0.39 is 10.0 Å². The van der Waals surface area contributed by atoms with Gasteiger partial charge in [-0.2, -0.15) is 0 Å². The highest BCUT2D eigenvalue weighted by molar-refractivity contribution is 7.89. The number of sulfonamides is 1. The van der Waals surface area contributed by atoms with Crippen LogP contribution in [0, 0.1) is 0 Å². The molecule has 0 aliphatic heterocycles. The van der Waals surface area contributed by atoms with Gasteiger partial charge in [0, 0.05) is 31.2 Å². The lowest BCUT2D eigenvalue weighted by atomic mass is 10.3. The number of aryl methyl sites for hydroxylation is 1. The van der Waals surface area contributed by atoms with Gasteiger partial charge in [-0.05, 0) is 43.3 Å². The van der Waals surface area contributed by atoms with E-state index in [4.69, 9.17) is 0 Å². The topological polar surface area (TPSA) is 63.1 Å². The molecule has 0 radical (unpaired) electrons. The quantitative estimate of drug-likeness (QED) is 0.826. The summed E-state index contributed by atoms with van der Waals surface area (Å²) in [7, 11) is -1.99. The molecule has 0 fully saturated rings. The molecule has 0 spiro atoms. The number of nitrogens with zero attached hydrogens (tertiary/aromatic N) is 1. The van der Waals surface area contributed by atoms with E-state index >= 15 is 0 Å². The van der Waals surface area contributed by atoms with Crippen LogP contribution in [0.25, 0.3) is 0 Å². The Morgan fingerprint density at radius 3 is 2.76 bits per heavy atom. The maximum Gasteiger partial charge on any atom is 0.240 e. The Balaban J connectivity index is 2.04. The molecule has 0 atom stereocenters. The molecule has 6 heteroatoms. The molecule has 114 valence electrons. The minimum absolute atomic E-state index is 0.263. The van der Waals surface area contributed by atoms with Crippen LogP contribution in [0.15, 0.2) is 47.6 Å². The van der Waals surface area contributed by atoms with E-state index in [0.717, 1.165) is 18.7 Å². The fourth-order valence-corrected chi connectivity index (χ4v) is 2.86. The predicted octanol–water partition coefficient (Wildman–Crippen LogP) is 2.42. The maximum absolute atomic E-state index is 11.8. The molecule has 2 rings (SSSR count). The average Bonchev–Trinajstić information content (AvgIpc) is 2.93. The molecule has 5 nitrogen and oxygen atoms in total. The van der Waals surface area contributed by atoms with Gasteiger partial charge in [0.1, 0.15) is 0 Å². The van der Waals surface area contributed by atoms with Gasteiger partial charge >= 0.3 is 0 Å². The molecule has 0 aliphatic carbocycles. The summed E-state index contributed by atoms with van der Waals surface area (Å²) in [6.45, 7) is 3.82. The molecular formula is C15H21N3O2S. The Bertz CT molecular complexity index is 692. The molecule has 21 heavy (non-hydrogen) atoms. The van der Waals surface area contributed by atoms with Crippen molar-refractivity contribution in [3.8, 4) is 0 Å². The number of hydrogen-bond donors (Lipinski definition) is 2. The summed E-state index contributed by atoms with van der Waals surface area (Å²) in [5, 5.41) is 3.25. The zero-order valence-electron chi connectivity index (χ0n) is 12.3. The summed E-state index contributed by atoms with van der Waals surface area (Å²) in [4.78, 5) is 0.263. The van der Waals surface area contributed by atoms with Crippen LogP contribution >= 0.6 is 0 Å². The van der Waals surface area contributed by atoms with Gasteiger partial charge in [-0.15, -0.1) is 0 Å². The van der Waals surface area contributed by atoms with E-state index in [9.17, 15) is 8.42 Å². The zero-order valence-corrected chi connectivity index (χ0v) is 13.2. The predicted molar refractivity (Wildman–Crippen MR) is 84.7 cm³/mol. The van der Waals surface area contributed by atoms with E-state index in [1.54, 1.807) is 18.2 Å². The van der Waals surface area contributed by atoms with Crippen LogP contribution in [0.1, 0.15) is 18.9 Å². The molecule has 1 heterocycles. The number of nitrogens with one attached hydrogen (secondary N) is 2. The standard InChI is InChI=1S/C15H21N3O2S/c1-3-8-18-9-7-13(12-18)11-17-14-5-4-6-15(10-14)21(19,20)16-2/h4-7,9-10,12,16-17H,3,8,11H2,1-2H3. The third-order valence-corrected chi connectivity index (χ3v) is 4.62. The van der Waals surface area contributed by atoms with E-state index in [1.165, 1.54) is 12.6 Å². The van der Waals surface area contributed by atoms with Crippen LogP contribution < -0.4 is 10.0 Å². The van der Waals surface area contributed by atoms with Gasteiger partial charge in [0.15, 0.2) is 0 Å². The molecule has 1 aromatic heterocycles. The lowest BCUT2D eigenvalue weighted by Gasteiger charge is -2.08. The van der Waals surface area contributed by atoms with Gasteiger partial charge in [-0.1, -0.05) is 13.0 Å². The zero-order chi connectivity index (χ0) is 15.3. The summed E-state index contributed by atoms with van der Waals surface area (Å²) >= 11 is 0. The first-order valence-corrected chi connectivity index (χ1v) is 8.45. The molecule has 2 N–H and O–H groups in total. The molecule has 2 aromatic rings. The van der Waals surface area contributed by atoms with Crippen LogP contribution in [-0.2, 0) is 23.1 Å². The summed E-state index contributed by atoms with van der Waals surface area (Å²) < 4.78 is 28.0. The van der Waals surface area contributed by atoms with E-state index in [1.807, 2.05) is 6.07 Å². The average molecular weight is 307 g/mol. The van der Waals surface area contributed by atoms with Crippen molar-refractivity contribution in [3.05, 3.63) is 48.3 Å². The molecule has 1 aromatic carbocycles. The van der Waals surface area contributed by atoms with Gasteiger partial charge in [-0.3, -0.25) is 0 Å². The lowest BCUT2D eigenvalue weighted by Crippen LogP contribution is -2.18.